The molecule has 3 heterocycles. The topological polar surface area (TPSA) is 99.9 Å². The molecule has 1 atom stereocenters. The Morgan fingerprint density at radius 1 is 1.00 bits per heavy atom. The maximum absolute atomic E-state index is 5.65. The summed E-state index contributed by atoms with van der Waals surface area (Å²) < 4.78 is 16.5. The average molecular weight is 464 g/mol. The number of ether oxygens (including phenoxy) is 2. The van der Waals surface area contributed by atoms with Gasteiger partial charge in [0.2, 0.25) is 5.95 Å². The van der Waals surface area contributed by atoms with Crippen molar-refractivity contribution in [3.05, 3.63) is 66.5 Å². The van der Waals surface area contributed by atoms with Crippen LogP contribution >= 0.6 is 11.9 Å². The molecular weight excluding hydrogens is 438 g/mol. The fourth-order valence-electron chi connectivity index (χ4n) is 3.27. The summed E-state index contributed by atoms with van der Waals surface area (Å²) in [5, 5.41) is 9.05. The molecule has 3 aromatic heterocycles. The van der Waals surface area contributed by atoms with Gasteiger partial charge in [-0.15, -0.1) is 10.2 Å². The van der Waals surface area contributed by atoms with E-state index in [0.717, 1.165) is 17.0 Å². The van der Waals surface area contributed by atoms with E-state index < -0.39 is 0 Å². The molecule has 0 spiro atoms. The van der Waals surface area contributed by atoms with Crippen LogP contribution in [0.1, 0.15) is 18.3 Å². The summed E-state index contributed by atoms with van der Waals surface area (Å²) in [7, 11) is 3.25. The van der Waals surface area contributed by atoms with E-state index in [2.05, 4.69) is 36.8 Å². The second-order valence-corrected chi connectivity index (χ2v) is 8.59. The Bertz CT molecular complexity index is 1180. The van der Waals surface area contributed by atoms with E-state index in [0.29, 0.717) is 35.4 Å². The Hall–Kier alpha value is -3.66. The molecule has 1 N–H and O–H groups in total. The number of nitrogens with one attached hydrogen (secondary N) is 1. The monoisotopic (exact) mass is 463 g/mol. The molecule has 1 unspecified atom stereocenters. The first-order valence-corrected chi connectivity index (χ1v) is 11.2. The molecule has 10 heteroatoms. The van der Waals surface area contributed by atoms with E-state index in [1.165, 1.54) is 11.9 Å². The third kappa shape index (κ3) is 5.06. The summed E-state index contributed by atoms with van der Waals surface area (Å²) in [6.07, 6.45) is 7.84. The molecule has 0 saturated heterocycles. The average Bonchev–Trinajstić information content (AvgIpc) is 3.27. The van der Waals surface area contributed by atoms with Gasteiger partial charge in [-0.2, -0.15) is 0 Å². The second kappa shape index (κ2) is 10.3. The van der Waals surface area contributed by atoms with E-state index in [1.807, 2.05) is 54.2 Å². The van der Waals surface area contributed by atoms with Gasteiger partial charge in [0.05, 0.1) is 14.2 Å². The minimum atomic E-state index is 0.180. The fraction of sp³-hybridized carbons (Fsp3) is 0.261. The van der Waals surface area contributed by atoms with Crippen molar-refractivity contribution in [3.63, 3.8) is 0 Å². The molecule has 0 radical (unpaired) electrons. The molecule has 0 aliphatic carbocycles. The highest BCUT2D eigenvalue weighted by molar-refractivity contribution is 8.01. The lowest BCUT2D eigenvalue weighted by Gasteiger charge is -2.18. The summed E-state index contributed by atoms with van der Waals surface area (Å²) in [5.41, 5.74) is 2.56. The number of rotatable bonds is 9. The van der Waals surface area contributed by atoms with Crippen molar-refractivity contribution in [2.75, 3.05) is 18.9 Å². The standard InChI is InChI=1S/C23H25N7O2S/c1-15-12-25-20(26-13-15)11-16(2)33-29-23-28-27-22(17-7-6-10-24-14-17)30(23)21-18(31-3)8-5-9-19(21)32-4/h5-10,12-14,16H,11H2,1-4H3,(H,28,29). The first-order chi connectivity index (χ1) is 16.1. The number of para-hydroxylation sites is 1. The Morgan fingerprint density at radius 2 is 1.73 bits per heavy atom. The largest absolute Gasteiger partial charge is 0.494 e. The van der Waals surface area contributed by atoms with Crippen molar-refractivity contribution in [3.8, 4) is 28.6 Å². The first-order valence-electron chi connectivity index (χ1n) is 10.4. The number of pyridine rings is 1. The van der Waals surface area contributed by atoms with Crippen LogP contribution in [0.25, 0.3) is 17.1 Å². The fourth-order valence-corrected chi connectivity index (χ4v) is 3.94. The van der Waals surface area contributed by atoms with Crippen LogP contribution in [0.5, 0.6) is 11.5 Å². The smallest absolute Gasteiger partial charge is 0.239 e. The van der Waals surface area contributed by atoms with E-state index >= 15 is 0 Å². The third-order valence-corrected chi connectivity index (χ3v) is 5.73. The van der Waals surface area contributed by atoms with Gasteiger partial charge >= 0.3 is 0 Å². The quantitative estimate of drug-likeness (QED) is 0.367. The van der Waals surface area contributed by atoms with E-state index in [4.69, 9.17) is 9.47 Å². The van der Waals surface area contributed by atoms with Gasteiger partial charge < -0.3 is 9.47 Å². The highest BCUT2D eigenvalue weighted by atomic mass is 32.2. The van der Waals surface area contributed by atoms with E-state index in [-0.39, 0.29) is 5.25 Å². The number of nitrogens with zero attached hydrogens (tertiary/aromatic N) is 6. The Balaban J connectivity index is 1.68. The summed E-state index contributed by atoms with van der Waals surface area (Å²) >= 11 is 1.52. The van der Waals surface area contributed by atoms with Gasteiger partial charge in [0.1, 0.15) is 23.0 Å². The number of aryl methyl sites for hydroxylation is 1. The van der Waals surface area contributed by atoms with Crippen molar-refractivity contribution >= 4 is 17.9 Å². The molecule has 0 amide bonds. The maximum Gasteiger partial charge on any atom is 0.239 e. The van der Waals surface area contributed by atoms with Crippen LogP contribution in [-0.2, 0) is 6.42 Å². The van der Waals surface area contributed by atoms with Crippen LogP contribution in [0.15, 0.2) is 55.1 Å². The Labute approximate surface area is 196 Å². The molecule has 33 heavy (non-hydrogen) atoms. The lowest BCUT2D eigenvalue weighted by atomic mass is 10.2. The SMILES string of the molecule is COc1cccc(OC)c1-n1c(NSC(C)Cc2ncc(C)cn2)nnc1-c1cccnc1. The Morgan fingerprint density at radius 3 is 2.36 bits per heavy atom. The minimum Gasteiger partial charge on any atom is -0.494 e. The number of hydrogen-bond donors (Lipinski definition) is 1. The number of hydrogen-bond acceptors (Lipinski definition) is 9. The lowest BCUT2D eigenvalue weighted by molar-refractivity contribution is 0.391. The normalized spacial score (nSPS) is 11.8. The number of methoxy groups -OCH3 is 2. The molecule has 0 aliphatic heterocycles. The lowest BCUT2D eigenvalue weighted by Crippen LogP contribution is -2.11. The second-order valence-electron chi connectivity index (χ2n) is 7.35. The van der Waals surface area contributed by atoms with Gasteiger partial charge in [0, 0.05) is 42.0 Å². The van der Waals surface area contributed by atoms with Crippen LogP contribution in [0.2, 0.25) is 0 Å². The van der Waals surface area contributed by atoms with Crippen LogP contribution in [0.4, 0.5) is 5.95 Å². The predicted octanol–water partition coefficient (Wildman–Crippen LogP) is 4.14. The minimum absolute atomic E-state index is 0.180. The summed E-state index contributed by atoms with van der Waals surface area (Å²) in [6, 6.07) is 9.42. The number of anilines is 1. The molecule has 4 rings (SSSR count). The van der Waals surface area contributed by atoms with Crippen molar-refractivity contribution in [2.45, 2.75) is 25.5 Å². The Kier molecular flexibility index (Phi) is 7.04. The van der Waals surface area contributed by atoms with Gasteiger partial charge in [-0.05, 0) is 48.7 Å². The molecule has 0 saturated carbocycles. The number of benzene rings is 1. The summed E-state index contributed by atoms with van der Waals surface area (Å²) in [6.45, 7) is 4.08. The van der Waals surface area contributed by atoms with Crippen molar-refractivity contribution in [1.82, 2.24) is 29.7 Å². The summed E-state index contributed by atoms with van der Waals surface area (Å²) in [4.78, 5) is 13.0. The molecule has 4 aromatic rings. The summed E-state index contributed by atoms with van der Waals surface area (Å²) in [5.74, 6) is 3.22. The van der Waals surface area contributed by atoms with Crippen LogP contribution in [0, 0.1) is 6.92 Å². The predicted molar refractivity (Wildman–Crippen MR) is 129 cm³/mol. The molecule has 0 fully saturated rings. The molecule has 0 aliphatic rings. The molecule has 9 nitrogen and oxygen atoms in total. The first kappa shape index (κ1) is 22.5. The zero-order valence-corrected chi connectivity index (χ0v) is 19.7. The highest BCUT2D eigenvalue weighted by Gasteiger charge is 2.23. The van der Waals surface area contributed by atoms with Gasteiger partial charge in [-0.1, -0.05) is 13.0 Å². The van der Waals surface area contributed by atoms with Crippen LogP contribution in [0.3, 0.4) is 0 Å². The van der Waals surface area contributed by atoms with Gasteiger partial charge in [0.15, 0.2) is 5.82 Å². The third-order valence-electron chi connectivity index (χ3n) is 4.86. The van der Waals surface area contributed by atoms with Crippen molar-refractivity contribution in [1.29, 1.82) is 0 Å². The number of aromatic nitrogens is 6. The van der Waals surface area contributed by atoms with Crippen molar-refractivity contribution in [2.24, 2.45) is 0 Å². The molecular formula is C23H25N7O2S. The van der Waals surface area contributed by atoms with Crippen LogP contribution < -0.4 is 14.2 Å². The van der Waals surface area contributed by atoms with Crippen molar-refractivity contribution < 1.29 is 9.47 Å². The zero-order chi connectivity index (χ0) is 23.2. The van der Waals surface area contributed by atoms with Gasteiger partial charge in [-0.25, -0.2) is 9.97 Å². The van der Waals surface area contributed by atoms with E-state index in [1.54, 1.807) is 26.6 Å². The zero-order valence-electron chi connectivity index (χ0n) is 18.9. The molecule has 170 valence electrons. The van der Waals surface area contributed by atoms with Crippen LogP contribution in [-0.4, -0.2) is 49.2 Å². The molecule has 1 aromatic carbocycles. The van der Waals surface area contributed by atoms with Gasteiger partial charge in [-0.3, -0.25) is 14.3 Å². The van der Waals surface area contributed by atoms with E-state index in [9.17, 15) is 0 Å². The highest BCUT2D eigenvalue weighted by Crippen LogP contribution is 2.38. The molecule has 0 bridgehead atoms. The maximum atomic E-state index is 5.65. The van der Waals surface area contributed by atoms with Gasteiger partial charge in [0.25, 0.3) is 0 Å².